The van der Waals surface area contributed by atoms with E-state index in [1.165, 1.54) is 12.1 Å². The van der Waals surface area contributed by atoms with Crippen LogP contribution in [0.3, 0.4) is 0 Å². The third kappa shape index (κ3) is 4.83. The molecule has 1 aromatic heterocycles. The molecule has 2 heterocycles. The normalized spacial score (nSPS) is 19.3. The fraction of sp³-hybridized carbons (Fsp3) is 0.500. The summed E-state index contributed by atoms with van der Waals surface area (Å²) in [7, 11) is 0. The van der Waals surface area contributed by atoms with Gasteiger partial charge in [0.15, 0.2) is 0 Å². The molecule has 25 heavy (non-hydrogen) atoms. The predicted molar refractivity (Wildman–Crippen MR) is 88.1 cm³/mol. The van der Waals surface area contributed by atoms with Crippen molar-refractivity contribution in [3.8, 4) is 0 Å². The quantitative estimate of drug-likeness (QED) is 0.826. The van der Waals surface area contributed by atoms with Crippen LogP contribution < -0.4 is 0 Å². The predicted octanol–water partition coefficient (Wildman–Crippen LogP) is 3.37. The zero-order valence-corrected chi connectivity index (χ0v) is 14.2. The van der Waals surface area contributed by atoms with Crippen molar-refractivity contribution in [2.24, 2.45) is 0 Å². The van der Waals surface area contributed by atoms with Crippen LogP contribution in [0.25, 0.3) is 0 Å². The highest BCUT2D eigenvalue weighted by atomic mass is 19.4. The highest BCUT2D eigenvalue weighted by molar-refractivity contribution is 5.26. The van der Waals surface area contributed by atoms with Crippen LogP contribution in [0.15, 0.2) is 36.7 Å². The zero-order chi connectivity index (χ0) is 17.9. The van der Waals surface area contributed by atoms with Crippen LogP contribution >= 0.6 is 0 Å². The second-order valence-corrected chi connectivity index (χ2v) is 6.33. The first-order valence-corrected chi connectivity index (χ1v) is 8.45. The van der Waals surface area contributed by atoms with Gasteiger partial charge >= 0.3 is 6.18 Å². The molecular weight excluding hydrogens is 331 g/mol. The molecule has 3 rings (SSSR count). The molecule has 1 atom stereocenters. The van der Waals surface area contributed by atoms with Gasteiger partial charge in [0.2, 0.25) is 0 Å². The van der Waals surface area contributed by atoms with E-state index in [-0.39, 0.29) is 6.10 Å². The fourth-order valence-corrected chi connectivity index (χ4v) is 3.10. The van der Waals surface area contributed by atoms with Gasteiger partial charge in [-0.2, -0.15) is 18.3 Å². The van der Waals surface area contributed by atoms with E-state index in [1.807, 2.05) is 24.0 Å². The number of ether oxygens (including phenoxy) is 1. The number of benzene rings is 1. The van der Waals surface area contributed by atoms with Gasteiger partial charge in [-0.1, -0.05) is 18.2 Å². The number of hydrogen-bond donors (Lipinski definition) is 0. The van der Waals surface area contributed by atoms with E-state index in [1.54, 1.807) is 6.07 Å². The number of hydrogen-bond acceptors (Lipinski definition) is 3. The lowest BCUT2D eigenvalue weighted by molar-refractivity contribution is -0.137. The Bertz CT molecular complexity index is 699. The molecule has 1 aromatic carbocycles. The van der Waals surface area contributed by atoms with Crippen LogP contribution in [-0.4, -0.2) is 40.5 Å². The Labute approximate surface area is 145 Å². The van der Waals surface area contributed by atoms with Gasteiger partial charge in [0.1, 0.15) is 0 Å². The summed E-state index contributed by atoms with van der Waals surface area (Å²) in [6.45, 7) is 5.76. The van der Waals surface area contributed by atoms with E-state index < -0.39 is 11.7 Å². The molecule has 1 saturated heterocycles. The summed E-state index contributed by atoms with van der Waals surface area (Å²) < 4.78 is 46.1. The van der Waals surface area contributed by atoms with Gasteiger partial charge in [-0.3, -0.25) is 9.58 Å². The Balaban J connectivity index is 1.60. The summed E-state index contributed by atoms with van der Waals surface area (Å²) in [5.74, 6) is 0. The number of aryl methyl sites for hydroxylation is 1. The molecule has 0 amide bonds. The minimum Gasteiger partial charge on any atom is -0.375 e. The van der Waals surface area contributed by atoms with Crippen LogP contribution in [0.2, 0.25) is 0 Å². The number of rotatable bonds is 5. The number of halogens is 3. The number of morpholine rings is 1. The molecule has 0 aliphatic carbocycles. The van der Waals surface area contributed by atoms with Crippen molar-refractivity contribution in [1.29, 1.82) is 0 Å². The third-order valence-corrected chi connectivity index (χ3v) is 4.36. The summed E-state index contributed by atoms with van der Waals surface area (Å²) in [6, 6.07) is 5.50. The van der Waals surface area contributed by atoms with E-state index in [9.17, 15) is 13.2 Å². The van der Waals surface area contributed by atoms with Crippen LogP contribution in [0, 0.1) is 0 Å². The van der Waals surface area contributed by atoms with Gasteiger partial charge in [-0.25, -0.2) is 0 Å². The van der Waals surface area contributed by atoms with Crippen molar-refractivity contribution in [3.05, 3.63) is 53.3 Å². The summed E-state index contributed by atoms with van der Waals surface area (Å²) in [4.78, 5) is 2.26. The molecule has 0 N–H and O–H groups in total. The standard InChI is InChI=1S/C18H22F3N3O/c1-2-24-12-15(10-22-24)11-23-6-7-25-17(13-23)9-14-4-3-5-16(8-14)18(19,20)21/h3-5,8,10,12,17H,2,6-7,9,11,13H2,1H3. The molecule has 0 saturated carbocycles. The molecule has 1 aliphatic heterocycles. The maximum absolute atomic E-state index is 12.8. The number of nitrogens with zero attached hydrogens (tertiary/aromatic N) is 3. The molecule has 0 bridgehead atoms. The second-order valence-electron chi connectivity index (χ2n) is 6.33. The Morgan fingerprint density at radius 3 is 2.84 bits per heavy atom. The first kappa shape index (κ1) is 17.9. The van der Waals surface area contributed by atoms with Gasteiger partial charge in [0, 0.05) is 37.9 Å². The molecule has 1 fully saturated rings. The molecular formula is C18H22F3N3O. The van der Waals surface area contributed by atoms with Crippen molar-refractivity contribution >= 4 is 0 Å². The average Bonchev–Trinajstić information content (AvgIpc) is 3.02. The summed E-state index contributed by atoms with van der Waals surface area (Å²) >= 11 is 0. The SMILES string of the molecule is CCn1cc(CN2CCOC(Cc3cccc(C(F)(F)F)c3)C2)cn1. The second kappa shape index (κ2) is 7.58. The van der Waals surface area contributed by atoms with Gasteiger partial charge in [-0.05, 0) is 25.0 Å². The van der Waals surface area contributed by atoms with E-state index in [4.69, 9.17) is 4.74 Å². The average molecular weight is 353 g/mol. The Morgan fingerprint density at radius 2 is 2.12 bits per heavy atom. The first-order valence-electron chi connectivity index (χ1n) is 8.45. The van der Waals surface area contributed by atoms with E-state index in [0.29, 0.717) is 25.1 Å². The minimum absolute atomic E-state index is 0.0987. The lowest BCUT2D eigenvalue weighted by atomic mass is 10.0. The monoisotopic (exact) mass is 353 g/mol. The van der Waals surface area contributed by atoms with Crippen LogP contribution in [0.5, 0.6) is 0 Å². The molecule has 0 radical (unpaired) electrons. The molecule has 0 spiro atoms. The van der Waals surface area contributed by atoms with Crippen molar-refractivity contribution in [3.63, 3.8) is 0 Å². The molecule has 4 nitrogen and oxygen atoms in total. The Morgan fingerprint density at radius 1 is 1.28 bits per heavy atom. The Hall–Kier alpha value is -1.86. The van der Waals surface area contributed by atoms with Crippen LogP contribution in [0.1, 0.15) is 23.6 Å². The molecule has 136 valence electrons. The van der Waals surface area contributed by atoms with Gasteiger partial charge in [0.25, 0.3) is 0 Å². The zero-order valence-electron chi connectivity index (χ0n) is 14.2. The fourth-order valence-electron chi connectivity index (χ4n) is 3.10. The molecule has 7 heteroatoms. The lowest BCUT2D eigenvalue weighted by Crippen LogP contribution is -2.42. The first-order chi connectivity index (χ1) is 11.9. The van der Waals surface area contributed by atoms with Crippen LogP contribution in [-0.2, 0) is 30.4 Å². The van der Waals surface area contributed by atoms with Gasteiger partial charge in [-0.15, -0.1) is 0 Å². The molecule has 2 aromatic rings. The highest BCUT2D eigenvalue weighted by Crippen LogP contribution is 2.30. The van der Waals surface area contributed by atoms with Crippen molar-refractivity contribution in [2.75, 3.05) is 19.7 Å². The molecule has 1 aliphatic rings. The minimum atomic E-state index is -4.31. The summed E-state index contributed by atoms with van der Waals surface area (Å²) in [5, 5.41) is 4.27. The number of alkyl halides is 3. The van der Waals surface area contributed by atoms with E-state index in [2.05, 4.69) is 10.00 Å². The van der Waals surface area contributed by atoms with Crippen molar-refractivity contribution in [2.45, 2.75) is 38.7 Å². The highest BCUT2D eigenvalue weighted by Gasteiger charge is 2.30. The molecule has 1 unspecified atom stereocenters. The summed E-state index contributed by atoms with van der Waals surface area (Å²) in [6.07, 6.45) is -0.0415. The summed E-state index contributed by atoms with van der Waals surface area (Å²) in [5.41, 5.74) is 1.19. The third-order valence-electron chi connectivity index (χ3n) is 4.36. The smallest absolute Gasteiger partial charge is 0.375 e. The topological polar surface area (TPSA) is 30.3 Å². The Kier molecular flexibility index (Phi) is 5.44. The van der Waals surface area contributed by atoms with Crippen LogP contribution in [0.4, 0.5) is 13.2 Å². The van der Waals surface area contributed by atoms with E-state index in [0.717, 1.165) is 31.3 Å². The maximum Gasteiger partial charge on any atom is 0.416 e. The van der Waals surface area contributed by atoms with Crippen molar-refractivity contribution < 1.29 is 17.9 Å². The van der Waals surface area contributed by atoms with E-state index >= 15 is 0 Å². The maximum atomic E-state index is 12.8. The largest absolute Gasteiger partial charge is 0.416 e. The number of aromatic nitrogens is 2. The van der Waals surface area contributed by atoms with Gasteiger partial charge in [0.05, 0.1) is 24.5 Å². The van der Waals surface area contributed by atoms with Crippen molar-refractivity contribution in [1.82, 2.24) is 14.7 Å². The lowest BCUT2D eigenvalue weighted by Gasteiger charge is -2.32. The van der Waals surface area contributed by atoms with Gasteiger partial charge < -0.3 is 4.74 Å².